The number of aromatic nitrogens is 2. The highest BCUT2D eigenvalue weighted by molar-refractivity contribution is 7.89. The number of sulfonamides is 1. The first-order valence-corrected chi connectivity index (χ1v) is 6.22. The first-order valence-electron chi connectivity index (χ1n) is 4.74. The Kier molecular flexibility index (Phi) is 2.68. The van der Waals surface area contributed by atoms with Crippen molar-refractivity contribution in [1.82, 2.24) is 14.5 Å². The van der Waals surface area contributed by atoms with Crippen LogP contribution >= 0.6 is 0 Å². The number of carboxylic acids is 1. The lowest BCUT2D eigenvalue weighted by Crippen LogP contribution is -2.25. The maximum atomic E-state index is 11.7. The second-order valence-corrected chi connectivity index (χ2v) is 5.38. The Hall–Kier alpha value is -1.41. The van der Waals surface area contributed by atoms with Crippen LogP contribution < -0.4 is 4.72 Å². The van der Waals surface area contributed by atoms with Gasteiger partial charge in [0.25, 0.3) is 0 Å². The highest BCUT2D eigenvalue weighted by Gasteiger charge is 2.28. The Balaban J connectivity index is 2.13. The van der Waals surface area contributed by atoms with Gasteiger partial charge in [0.05, 0.1) is 6.20 Å². The average Bonchev–Trinajstić information content (AvgIpc) is 2.80. The van der Waals surface area contributed by atoms with Crippen molar-refractivity contribution in [3.8, 4) is 0 Å². The summed E-state index contributed by atoms with van der Waals surface area (Å²) in [5, 5.41) is 12.2. The Labute approximate surface area is 92.1 Å². The minimum atomic E-state index is -3.54. The predicted octanol–water partition coefficient (Wildman–Crippen LogP) is -0.592. The van der Waals surface area contributed by atoms with Crippen molar-refractivity contribution < 1.29 is 18.3 Å². The third-order valence-electron chi connectivity index (χ3n) is 2.12. The molecule has 1 aromatic heterocycles. The smallest absolute Gasteiger partial charge is 0.325 e. The van der Waals surface area contributed by atoms with Gasteiger partial charge in [-0.15, -0.1) is 0 Å². The minimum Gasteiger partial charge on any atom is -0.480 e. The molecule has 0 unspecified atom stereocenters. The molecule has 2 rings (SSSR count). The van der Waals surface area contributed by atoms with E-state index in [0.717, 1.165) is 23.7 Å². The van der Waals surface area contributed by atoms with Gasteiger partial charge < -0.3 is 5.11 Å². The van der Waals surface area contributed by atoms with Gasteiger partial charge in [-0.05, 0) is 12.8 Å². The van der Waals surface area contributed by atoms with Gasteiger partial charge in [-0.1, -0.05) is 0 Å². The Morgan fingerprint density at radius 2 is 2.31 bits per heavy atom. The molecule has 16 heavy (non-hydrogen) atoms. The number of carboxylic acid groups (broad SMARTS) is 1. The molecule has 0 atom stereocenters. The van der Waals surface area contributed by atoms with Crippen molar-refractivity contribution in [2.75, 3.05) is 0 Å². The Morgan fingerprint density at radius 1 is 1.62 bits per heavy atom. The van der Waals surface area contributed by atoms with Gasteiger partial charge in [0, 0.05) is 12.2 Å². The van der Waals surface area contributed by atoms with Crippen LogP contribution in [0.15, 0.2) is 17.3 Å². The largest absolute Gasteiger partial charge is 0.480 e. The summed E-state index contributed by atoms with van der Waals surface area (Å²) in [6, 6.07) is 0.0211. The first kappa shape index (κ1) is 11.1. The van der Waals surface area contributed by atoms with Crippen LogP contribution in [0.25, 0.3) is 0 Å². The van der Waals surface area contributed by atoms with Gasteiger partial charge in [-0.2, -0.15) is 5.10 Å². The van der Waals surface area contributed by atoms with E-state index in [9.17, 15) is 13.2 Å². The maximum absolute atomic E-state index is 11.7. The van der Waals surface area contributed by atoms with E-state index in [2.05, 4.69) is 9.82 Å². The van der Waals surface area contributed by atoms with E-state index < -0.39 is 16.0 Å². The van der Waals surface area contributed by atoms with Crippen LogP contribution in [0.5, 0.6) is 0 Å². The van der Waals surface area contributed by atoms with E-state index in [1.807, 2.05) is 0 Å². The summed E-state index contributed by atoms with van der Waals surface area (Å²) >= 11 is 0. The van der Waals surface area contributed by atoms with Crippen molar-refractivity contribution >= 4 is 16.0 Å². The molecule has 0 bridgehead atoms. The zero-order chi connectivity index (χ0) is 11.8. The van der Waals surface area contributed by atoms with Crippen molar-refractivity contribution in [2.45, 2.75) is 30.3 Å². The van der Waals surface area contributed by atoms with E-state index >= 15 is 0 Å². The van der Waals surface area contributed by atoms with Crippen LogP contribution in [-0.4, -0.2) is 35.3 Å². The van der Waals surface area contributed by atoms with Crippen LogP contribution in [-0.2, 0) is 21.4 Å². The molecule has 1 aliphatic rings. The van der Waals surface area contributed by atoms with Gasteiger partial charge in [0.2, 0.25) is 10.0 Å². The zero-order valence-corrected chi connectivity index (χ0v) is 9.14. The van der Waals surface area contributed by atoms with Crippen LogP contribution in [0.1, 0.15) is 12.8 Å². The van der Waals surface area contributed by atoms with Crippen molar-refractivity contribution in [3.63, 3.8) is 0 Å². The molecule has 0 aliphatic heterocycles. The fourth-order valence-corrected chi connectivity index (χ4v) is 2.45. The molecule has 0 saturated heterocycles. The van der Waals surface area contributed by atoms with Crippen LogP contribution in [0.3, 0.4) is 0 Å². The molecule has 1 aromatic rings. The molecule has 1 aliphatic carbocycles. The molecule has 1 saturated carbocycles. The molecule has 2 N–H and O–H groups in total. The molecule has 1 heterocycles. The summed E-state index contributed by atoms with van der Waals surface area (Å²) in [6.07, 6.45) is 4.05. The molecule has 7 nitrogen and oxygen atoms in total. The van der Waals surface area contributed by atoms with E-state index in [1.165, 1.54) is 6.20 Å². The fraction of sp³-hybridized carbons (Fsp3) is 0.500. The molecule has 1 fully saturated rings. The summed E-state index contributed by atoms with van der Waals surface area (Å²) in [7, 11) is -3.54. The molecular formula is C8H11N3O4S. The first-order chi connectivity index (χ1) is 7.47. The highest BCUT2D eigenvalue weighted by atomic mass is 32.2. The lowest BCUT2D eigenvalue weighted by molar-refractivity contribution is -0.137. The molecule has 8 heteroatoms. The van der Waals surface area contributed by atoms with E-state index in [1.54, 1.807) is 0 Å². The summed E-state index contributed by atoms with van der Waals surface area (Å²) in [4.78, 5) is 10.4. The van der Waals surface area contributed by atoms with Gasteiger partial charge in [-0.25, -0.2) is 13.1 Å². The molecule has 0 spiro atoms. The number of nitrogens with zero attached hydrogens (tertiary/aromatic N) is 2. The van der Waals surface area contributed by atoms with Gasteiger partial charge >= 0.3 is 5.97 Å². The van der Waals surface area contributed by atoms with Gasteiger partial charge in [0.1, 0.15) is 11.4 Å². The van der Waals surface area contributed by atoms with Crippen molar-refractivity contribution in [2.24, 2.45) is 0 Å². The predicted molar refractivity (Wildman–Crippen MR) is 53.2 cm³/mol. The standard InChI is InChI=1S/C8H11N3O4S/c12-8(13)5-11-4-7(3-9-11)16(14,15)10-6-1-2-6/h3-4,6,10H,1-2,5H2,(H,12,13). The lowest BCUT2D eigenvalue weighted by Gasteiger charge is -2.01. The van der Waals surface area contributed by atoms with Crippen molar-refractivity contribution in [1.29, 1.82) is 0 Å². The van der Waals surface area contributed by atoms with Crippen LogP contribution in [0, 0.1) is 0 Å². The van der Waals surface area contributed by atoms with Crippen LogP contribution in [0.2, 0.25) is 0 Å². The third-order valence-corrected chi connectivity index (χ3v) is 3.59. The zero-order valence-electron chi connectivity index (χ0n) is 8.33. The molecule has 0 aromatic carbocycles. The average molecular weight is 245 g/mol. The normalized spacial score (nSPS) is 16.2. The van der Waals surface area contributed by atoms with E-state index in [0.29, 0.717) is 0 Å². The molecule has 0 radical (unpaired) electrons. The van der Waals surface area contributed by atoms with Gasteiger partial charge in [0.15, 0.2) is 0 Å². The summed E-state index contributed by atoms with van der Waals surface area (Å²) in [5.41, 5.74) is 0. The topological polar surface area (TPSA) is 101 Å². The number of hydrogen-bond acceptors (Lipinski definition) is 4. The summed E-state index contributed by atoms with van der Waals surface area (Å²) < 4.78 is 26.9. The third kappa shape index (κ3) is 2.58. The second-order valence-electron chi connectivity index (χ2n) is 3.66. The fourth-order valence-electron chi connectivity index (χ4n) is 1.20. The van der Waals surface area contributed by atoms with Crippen LogP contribution in [0.4, 0.5) is 0 Å². The maximum Gasteiger partial charge on any atom is 0.325 e. The summed E-state index contributed by atoms with van der Waals surface area (Å²) in [6.45, 7) is -0.348. The Bertz CT molecular complexity index is 503. The van der Waals surface area contributed by atoms with Crippen molar-refractivity contribution in [3.05, 3.63) is 12.4 Å². The second kappa shape index (κ2) is 3.87. The minimum absolute atomic E-state index is 0.000602. The SMILES string of the molecule is O=C(O)Cn1cc(S(=O)(=O)NC2CC2)cn1. The highest BCUT2D eigenvalue weighted by Crippen LogP contribution is 2.21. The molecule has 0 amide bonds. The van der Waals surface area contributed by atoms with Gasteiger partial charge in [-0.3, -0.25) is 9.48 Å². The number of aliphatic carboxylic acids is 1. The number of carbonyl (C=O) groups is 1. The monoisotopic (exact) mass is 245 g/mol. The summed E-state index contributed by atoms with van der Waals surface area (Å²) in [5.74, 6) is -1.07. The van der Waals surface area contributed by atoms with E-state index in [4.69, 9.17) is 5.11 Å². The lowest BCUT2D eigenvalue weighted by atomic mass is 10.6. The number of hydrogen-bond donors (Lipinski definition) is 2. The quantitative estimate of drug-likeness (QED) is 0.722. The number of nitrogens with one attached hydrogen (secondary N) is 1. The Morgan fingerprint density at radius 3 is 2.88 bits per heavy atom. The number of rotatable bonds is 5. The molecular weight excluding hydrogens is 234 g/mol. The molecule has 88 valence electrons. The van der Waals surface area contributed by atoms with E-state index in [-0.39, 0.29) is 17.5 Å².